The first-order chi connectivity index (χ1) is 54.1. The number of nitrogens with one attached hydrogen (secondary N) is 4. The van der Waals surface area contributed by atoms with Crippen LogP contribution in [0.25, 0.3) is 0 Å². The molecule has 0 spiro atoms. The van der Waals surface area contributed by atoms with Gasteiger partial charge in [-0.3, -0.25) is 23.7 Å². The van der Waals surface area contributed by atoms with E-state index in [2.05, 4.69) is 25.5 Å². The number of aliphatic hydroxyl groups excluding tert-OH is 23. The van der Waals surface area contributed by atoms with E-state index in [1.54, 1.807) is 0 Å². The van der Waals surface area contributed by atoms with Crippen molar-refractivity contribution in [2.45, 2.75) is 311 Å². The zero-order chi connectivity index (χ0) is 85.0. The summed E-state index contributed by atoms with van der Waals surface area (Å²) in [7, 11) is -5.62. The lowest BCUT2D eigenvalue weighted by molar-refractivity contribution is -0.403. The second-order valence-corrected chi connectivity index (χ2v) is 29.8. The lowest BCUT2D eigenvalue weighted by Crippen LogP contribution is -2.71. The maximum Gasteiger partial charge on any atom is 0.397 e. The van der Waals surface area contributed by atoms with Gasteiger partial charge in [-0.05, 0) is 6.92 Å². The van der Waals surface area contributed by atoms with Crippen LogP contribution in [0.5, 0.6) is 0 Å². The minimum atomic E-state index is -5.62. The van der Waals surface area contributed by atoms with Gasteiger partial charge in [0, 0.05) is 27.7 Å². The molecular formula is C62H104N4O48S. The lowest BCUT2D eigenvalue weighted by Gasteiger charge is -2.52. The fraction of sp³-hybridized carbons (Fsp3) is 0.935. The molecule has 28 N–H and O–H groups in total. The third-order valence-corrected chi connectivity index (χ3v) is 21.0. The van der Waals surface area contributed by atoms with Crippen LogP contribution in [0, 0.1) is 0 Å². The van der Waals surface area contributed by atoms with Crippen molar-refractivity contribution in [1.82, 2.24) is 21.3 Å². The summed E-state index contributed by atoms with van der Waals surface area (Å²) in [6.07, 6.45) is -88.8. The van der Waals surface area contributed by atoms with Crippen LogP contribution in [-0.2, 0) is 114 Å². The van der Waals surface area contributed by atoms with E-state index in [0.29, 0.717) is 0 Å². The van der Waals surface area contributed by atoms with E-state index in [1.165, 1.54) is 6.92 Å². The highest BCUT2D eigenvalue weighted by Gasteiger charge is 2.62. The largest absolute Gasteiger partial charge is 0.397 e. The van der Waals surface area contributed by atoms with Crippen molar-refractivity contribution in [2.24, 2.45) is 0 Å². The van der Waals surface area contributed by atoms with Crippen LogP contribution < -0.4 is 21.3 Å². The fourth-order valence-electron chi connectivity index (χ4n) is 14.5. The second kappa shape index (κ2) is 40.9. The Morgan fingerprint density at radius 2 is 0.626 bits per heavy atom. The molecule has 4 amide bonds. The van der Waals surface area contributed by atoms with Crippen LogP contribution in [-0.4, -0.2) is 483 Å². The SMILES string of the molecule is CC(=O)N[C@@H]1[C@@H](O)[C@H](O[C@@H]2O[C@H](CO)[C@@H](O[C@@H]3O[C@H](CO[C@H]4O[C@H](CO)[C@@H](O)[C@H](O)[C@@H]4O[C@@H]4O[C@H](CO)[C@@H](O)[C@H](O)[C@H]4NC(C)=O)[C@@H](O)[C@H](O[C@H]4O[C@H](CO)[C@@H](O)[C@H](O)[C@@H]4O[C@@H]4O[C@H](COS(=O)(=O)O)[C@@H](O[C@@H]5O[C@H](CO)[C@H](O)[C@H](O)[C@H]5O)[C@H](O[C@@H]5O[C@@H](C)[C@@H](O)[C@@H](O)[C@@H]5O)[C@H]4NC(C)=O)[C@@H]3O)[C@H](O)[C@H]2NC(C)=O)[C@@H](CO)O[C@H]1O. The molecule has 52 nitrogen and oxygen atoms in total. The van der Waals surface area contributed by atoms with Gasteiger partial charge in [0.2, 0.25) is 23.6 Å². The number of carbonyl (C=O) groups excluding carboxylic acids is 4. The van der Waals surface area contributed by atoms with Crippen molar-refractivity contribution in [3.05, 3.63) is 0 Å². The molecule has 0 bridgehead atoms. The summed E-state index contributed by atoms with van der Waals surface area (Å²) in [6, 6.07) is -7.61. The van der Waals surface area contributed by atoms with Crippen LogP contribution in [0.15, 0.2) is 0 Å². The van der Waals surface area contributed by atoms with Crippen LogP contribution in [0.4, 0.5) is 0 Å². The van der Waals surface area contributed by atoms with Gasteiger partial charge in [-0.25, -0.2) is 4.18 Å². The predicted octanol–water partition coefficient (Wildman–Crippen LogP) is -19.2. The molecule has 0 aliphatic carbocycles. The van der Waals surface area contributed by atoms with Gasteiger partial charge >= 0.3 is 10.4 Å². The van der Waals surface area contributed by atoms with Gasteiger partial charge in [0.1, 0.15) is 213 Å². The summed E-state index contributed by atoms with van der Waals surface area (Å²) >= 11 is 0. The average molecular weight is 1710 g/mol. The molecule has 9 aliphatic heterocycles. The molecule has 0 aromatic carbocycles. The van der Waals surface area contributed by atoms with E-state index >= 15 is 0 Å². The van der Waals surface area contributed by atoms with Gasteiger partial charge in [0.15, 0.2) is 56.6 Å². The van der Waals surface area contributed by atoms with Crippen molar-refractivity contribution in [3.8, 4) is 0 Å². The molecule has 45 atom stereocenters. The summed E-state index contributed by atoms with van der Waals surface area (Å²) in [5.74, 6) is -3.75. The molecule has 9 rings (SSSR count). The van der Waals surface area contributed by atoms with Gasteiger partial charge in [-0.2, -0.15) is 8.42 Å². The maximum atomic E-state index is 13.6. The first kappa shape index (κ1) is 95.0. The fourth-order valence-corrected chi connectivity index (χ4v) is 14.8. The number of amides is 4. The number of carbonyl (C=O) groups is 4. The van der Waals surface area contributed by atoms with Gasteiger partial charge < -0.3 is 219 Å². The van der Waals surface area contributed by atoms with Gasteiger partial charge in [-0.15, -0.1) is 0 Å². The Balaban J connectivity index is 1.12. The third kappa shape index (κ3) is 21.8. The van der Waals surface area contributed by atoms with Crippen molar-refractivity contribution >= 4 is 34.0 Å². The maximum absolute atomic E-state index is 13.6. The third-order valence-electron chi connectivity index (χ3n) is 20.5. The van der Waals surface area contributed by atoms with Crippen LogP contribution >= 0.6 is 0 Å². The average Bonchev–Trinajstić information content (AvgIpc) is 0.805. The molecule has 9 aliphatic rings. The Hall–Kier alpha value is -3.85. The van der Waals surface area contributed by atoms with Crippen molar-refractivity contribution < 1.29 is 234 Å². The van der Waals surface area contributed by atoms with Crippen molar-refractivity contribution in [3.63, 3.8) is 0 Å². The van der Waals surface area contributed by atoms with E-state index in [4.69, 9.17) is 80.5 Å². The Bertz CT molecular complexity index is 3230. The highest BCUT2D eigenvalue weighted by atomic mass is 32.3. The van der Waals surface area contributed by atoms with Crippen LogP contribution in [0.3, 0.4) is 0 Å². The van der Waals surface area contributed by atoms with E-state index in [1.807, 2.05) is 0 Å². The highest BCUT2D eigenvalue weighted by molar-refractivity contribution is 7.80. The highest BCUT2D eigenvalue weighted by Crippen LogP contribution is 2.41. The van der Waals surface area contributed by atoms with Gasteiger partial charge in [0.25, 0.3) is 0 Å². The number of rotatable bonds is 30. The van der Waals surface area contributed by atoms with Crippen molar-refractivity contribution in [2.75, 3.05) is 52.9 Å². The molecule has 0 aromatic heterocycles. The summed E-state index contributed by atoms with van der Waals surface area (Å²) in [5, 5.41) is 266. The molecule has 9 saturated heterocycles. The summed E-state index contributed by atoms with van der Waals surface area (Å²) in [6.45, 7) is -4.54. The topological polar surface area (TPSA) is 802 Å². The van der Waals surface area contributed by atoms with Crippen molar-refractivity contribution in [1.29, 1.82) is 0 Å². The molecule has 53 heteroatoms. The Kier molecular flexibility index (Phi) is 33.8. The van der Waals surface area contributed by atoms with E-state index < -0.39 is 363 Å². The normalized spacial score (nSPS) is 48.1. The molecule has 9 fully saturated rings. The molecule has 9 heterocycles. The van der Waals surface area contributed by atoms with E-state index in [-0.39, 0.29) is 0 Å². The van der Waals surface area contributed by atoms with E-state index in [9.17, 15) is 150 Å². The zero-order valence-corrected chi connectivity index (χ0v) is 62.4. The monoisotopic (exact) mass is 1700 g/mol. The first-order valence-corrected chi connectivity index (χ1v) is 37.5. The first-order valence-electron chi connectivity index (χ1n) is 36.1. The molecule has 666 valence electrons. The Labute approximate surface area is 651 Å². The number of aliphatic hydroxyl groups is 23. The quantitative estimate of drug-likeness (QED) is 0.0297. The van der Waals surface area contributed by atoms with Gasteiger partial charge in [0.05, 0.1) is 59.0 Å². The molecule has 0 aromatic rings. The van der Waals surface area contributed by atoms with Crippen LogP contribution in [0.2, 0.25) is 0 Å². The van der Waals surface area contributed by atoms with Crippen LogP contribution in [0.1, 0.15) is 34.6 Å². The van der Waals surface area contributed by atoms with E-state index in [0.717, 1.165) is 27.7 Å². The summed E-state index contributed by atoms with van der Waals surface area (Å²) in [4.78, 5) is 51.2. The standard InChI is InChI=1S/C62H104N4O48S/c1-14-31(77)40(86)44(90)58(99-14)111-50-30(66-18(5)76)57(107-26(13-98-115(94,95)96)49(50)110-59-45(91)41(87)33(79)20(7-68)102-59)114-53-43(89)35(81)22(9-70)104-62(53)112-51-36(82)25(12-97-61-52(42(88)34(80)21(8-69)103-61)113-55-28(64-16(3)74)37(83)32(78)19(6-67)101-55)106-60(46(51)92)109-48-24(11-72)105-56(29(39(48)85)65-17(4)75)108-47-23(10-71)100-54(93)27(38(47)84)63-15(2)73/h14,19-62,67-72,77-93H,6-13H2,1-5H3,(H,63,73)(H,64,74)(H,65,75)(H,66,76)(H,94,95,96)/t14-,19+,20+,21+,22+,23+,24+,25+,26+,27+,28+,29+,30+,31+,32+,33-,34+,35+,36+,37+,38+,39+,40+,41-,42-,43-,44-,45+,46-,47+,48+,49+,50+,51-,52-,53-,54+,55-,56-,57-,58-,59-,60-,61-,62+/m0/s1. The minimum Gasteiger partial charge on any atom is -0.394 e. The minimum absolute atomic E-state index is 0.803. The molecule has 0 unspecified atom stereocenters. The number of ether oxygens (including phenoxy) is 17. The lowest BCUT2D eigenvalue weighted by atomic mass is 9.93. The number of hydrogen-bond acceptors (Lipinski definition) is 47. The smallest absolute Gasteiger partial charge is 0.394 e. The molecule has 0 saturated carbocycles. The molecule has 0 radical (unpaired) electrons. The zero-order valence-electron chi connectivity index (χ0n) is 61.6. The number of hydrogen-bond donors (Lipinski definition) is 28. The predicted molar refractivity (Wildman–Crippen MR) is 352 cm³/mol. The molecular weight excluding hydrogens is 1600 g/mol. The Morgan fingerprint density at radius 1 is 0.287 bits per heavy atom. The summed E-state index contributed by atoms with van der Waals surface area (Å²) in [5.41, 5.74) is 0. The second-order valence-electron chi connectivity index (χ2n) is 28.7. The summed E-state index contributed by atoms with van der Waals surface area (Å²) < 4.78 is 141. The van der Waals surface area contributed by atoms with Gasteiger partial charge in [-0.1, -0.05) is 0 Å². The Morgan fingerprint density at radius 3 is 1.14 bits per heavy atom. The molecule has 115 heavy (non-hydrogen) atoms.